The molecule has 0 atom stereocenters. The Morgan fingerprint density at radius 2 is 2.09 bits per heavy atom. The Morgan fingerprint density at radius 3 is 2.74 bits per heavy atom. The number of hydrogen-bond donors (Lipinski definition) is 0. The van der Waals surface area contributed by atoms with Crippen molar-refractivity contribution < 1.29 is 9.32 Å². The molecule has 23 heavy (non-hydrogen) atoms. The van der Waals surface area contributed by atoms with E-state index in [4.69, 9.17) is 4.52 Å². The predicted molar refractivity (Wildman–Crippen MR) is 97.1 cm³/mol. The molecule has 1 fully saturated rings. The molecule has 1 aliphatic carbocycles. The number of ketones is 1. The van der Waals surface area contributed by atoms with Crippen LogP contribution in [0.25, 0.3) is 0 Å². The van der Waals surface area contributed by atoms with E-state index in [1.165, 1.54) is 0 Å². The van der Waals surface area contributed by atoms with Gasteiger partial charge in [-0.2, -0.15) is 11.8 Å². The SMILES string of the molecule is CC(C)(C)SCc1cc(Br)ccc1C(=O)c1cnoc1C1CC1. The Morgan fingerprint density at radius 1 is 1.35 bits per heavy atom. The number of benzene rings is 1. The van der Waals surface area contributed by atoms with Crippen LogP contribution in [0.5, 0.6) is 0 Å². The van der Waals surface area contributed by atoms with E-state index in [2.05, 4.69) is 41.9 Å². The van der Waals surface area contributed by atoms with Gasteiger partial charge in [-0.3, -0.25) is 4.79 Å². The summed E-state index contributed by atoms with van der Waals surface area (Å²) in [6.45, 7) is 6.55. The first-order valence-electron chi connectivity index (χ1n) is 7.77. The van der Waals surface area contributed by atoms with E-state index in [0.717, 1.165) is 40.0 Å². The molecule has 2 aromatic rings. The molecule has 1 aromatic heterocycles. The van der Waals surface area contributed by atoms with Crippen LogP contribution in [0.3, 0.4) is 0 Å². The van der Waals surface area contributed by atoms with Crippen LogP contribution in [0.4, 0.5) is 0 Å². The second kappa shape index (κ2) is 6.44. The third-order valence-corrected chi connectivity index (χ3v) is 5.58. The van der Waals surface area contributed by atoms with Gasteiger partial charge in [0.05, 0.1) is 11.8 Å². The van der Waals surface area contributed by atoms with Crippen molar-refractivity contribution in [3.63, 3.8) is 0 Å². The summed E-state index contributed by atoms with van der Waals surface area (Å²) < 4.78 is 6.47. The average molecular weight is 394 g/mol. The van der Waals surface area contributed by atoms with E-state index < -0.39 is 0 Å². The third kappa shape index (κ3) is 4.07. The van der Waals surface area contributed by atoms with Gasteiger partial charge in [0.2, 0.25) is 0 Å². The molecule has 1 saturated carbocycles. The molecule has 3 nitrogen and oxygen atoms in total. The van der Waals surface area contributed by atoms with Crippen LogP contribution in [0, 0.1) is 0 Å². The summed E-state index contributed by atoms with van der Waals surface area (Å²) >= 11 is 5.35. The Balaban J connectivity index is 1.91. The van der Waals surface area contributed by atoms with Gasteiger partial charge >= 0.3 is 0 Å². The quantitative estimate of drug-likeness (QED) is 0.621. The number of halogens is 1. The number of hydrogen-bond acceptors (Lipinski definition) is 4. The van der Waals surface area contributed by atoms with E-state index in [-0.39, 0.29) is 10.5 Å². The second-order valence-corrected chi connectivity index (χ2v) is 9.63. The van der Waals surface area contributed by atoms with Crippen molar-refractivity contribution in [2.24, 2.45) is 0 Å². The number of carbonyl (C=O) groups is 1. The fraction of sp³-hybridized carbons (Fsp3) is 0.444. The van der Waals surface area contributed by atoms with Crippen molar-refractivity contribution in [3.05, 3.63) is 51.3 Å². The van der Waals surface area contributed by atoms with Gasteiger partial charge in [0.25, 0.3) is 0 Å². The number of thioether (sulfide) groups is 1. The lowest BCUT2D eigenvalue weighted by Gasteiger charge is -2.18. The zero-order chi connectivity index (χ0) is 16.6. The molecular formula is C18H20BrNO2S. The van der Waals surface area contributed by atoms with Crippen LogP contribution in [0.2, 0.25) is 0 Å². The fourth-order valence-corrected chi connectivity index (χ4v) is 3.64. The standard InChI is InChI=1S/C18H20BrNO2S/c1-18(2,3)23-10-12-8-13(19)6-7-14(12)16(21)15-9-20-22-17(15)11-4-5-11/h6-9,11H,4-5,10H2,1-3H3. The topological polar surface area (TPSA) is 43.1 Å². The maximum Gasteiger partial charge on any atom is 0.198 e. The molecule has 5 heteroatoms. The van der Waals surface area contributed by atoms with Crippen LogP contribution in [-0.4, -0.2) is 15.7 Å². The van der Waals surface area contributed by atoms with Gasteiger partial charge in [-0.15, -0.1) is 0 Å². The molecule has 0 bridgehead atoms. The minimum Gasteiger partial charge on any atom is -0.360 e. The highest BCUT2D eigenvalue weighted by Crippen LogP contribution is 2.42. The summed E-state index contributed by atoms with van der Waals surface area (Å²) in [5.41, 5.74) is 2.42. The summed E-state index contributed by atoms with van der Waals surface area (Å²) in [6.07, 6.45) is 3.74. The minimum absolute atomic E-state index is 0.0187. The highest BCUT2D eigenvalue weighted by Gasteiger charge is 2.33. The first-order chi connectivity index (χ1) is 10.8. The molecule has 0 N–H and O–H groups in total. The van der Waals surface area contributed by atoms with Crippen molar-refractivity contribution in [1.29, 1.82) is 0 Å². The van der Waals surface area contributed by atoms with Crippen LogP contribution in [0.15, 0.2) is 33.4 Å². The number of aromatic nitrogens is 1. The van der Waals surface area contributed by atoms with E-state index in [1.807, 2.05) is 30.0 Å². The van der Waals surface area contributed by atoms with Crippen molar-refractivity contribution in [2.75, 3.05) is 0 Å². The lowest BCUT2D eigenvalue weighted by molar-refractivity contribution is 0.103. The van der Waals surface area contributed by atoms with Gasteiger partial charge in [-0.1, -0.05) is 41.9 Å². The van der Waals surface area contributed by atoms with E-state index in [0.29, 0.717) is 11.5 Å². The van der Waals surface area contributed by atoms with Gasteiger partial charge in [0.1, 0.15) is 0 Å². The van der Waals surface area contributed by atoms with E-state index in [9.17, 15) is 4.79 Å². The smallest absolute Gasteiger partial charge is 0.198 e. The second-order valence-electron chi connectivity index (χ2n) is 6.91. The molecule has 0 aliphatic heterocycles. The van der Waals surface area contributed by atoms with Crippen LogP contribution in [0.1, 0.15) is 66.8 Å². The van der Waals surface area contributed by atoms with Crippen LogP contribution in [-0.2, 0) is 5.75 Å². The molecular weight excluding hydrogens is 374 g/mol. The minimum atomic E-state index is 0.0187. The van der Waals surface area contributed by atoms with Gasteiger partial charge in [0, 0.05) is 26.5 Å². The molecule has 1 aromatic carbocycles. The Labute approximate surface area is 149 Å². The number of nitrogens with zero attached hydrogens (tertiary/aromatic N) is 1. The maximum absolute atomic E-state index is 13.0. The van der Waals surface area contributed by atoms with Crippen molar-refractivity contribution in [2.45, 2.75) is 50.0 Å². The molecule has 0 radical (unpaired) electrons. The van der Waals surface area contributed by atoms with Crippen molar-refractivity contribution in [1.82, 2.24) is 5.16 Å². The zero-order valence-electron chi connectivity index (χ0n) is 13.6. The average Bonchev–Trinajstić information content (AvgIpc) is 3.21. The van der Waals surface area contributed by atoms with Gasteiger partial charge in [-0.25, -0.2) is 0 Å². The largest absolute Gasteiger partial charge is 0.360 e. The molecule has 122 valence electrons. The van der Waals surface area contributed by atoms with Crippen molar-refractivity contribution >= 4 is 33.5 Å². The Bertz CT molecular complexity index is 729. The monoisotopic (exact) mass is 393 g/mol. The normalized spacial score (nSPS) is 15.0. The Kier molecular flexibility index (Phi) is 4.70. The zero-order valence-corrected chi connectivity index (χ0v) is 16.0. The van der Waals surface area contributed by atoms with Gasteiger partial charge in [-0.05, 0) is 36.6 Å². The van der Waals surface area contributed by atoms with Crippen molar-refractivity contribution in [3.8, 4) is 0 Å². The first kappa shape index (κ1) is 16.8. The van der Waals surface area contributed by atoms with Crippen LogP contribution < -0.4 is 0 Å². The van der Waals surface area contributed by atoms with Crippen LogP contribution >= 0.6 is 27.7 Å². The first-order valence-corrected chi connectivity index (χ1v) is 9.54. The lowest BCUT2D eigenvalue weighted by Crippen LogP contribution is -2.10. The molecule has 0 spiro atoms. The number of rotatable bonds is 5. The Hall–Kier alpha value is -1.07. The summed E-state index contributed by atoms with van der Waals surface area (Å²) in [7, 11) is 0. The van der Waals surface area contributed by atoms with Gasteiger partial charge in [0.15, 0.2) is 11.5 Å². The van der Waals surface area contributed by atoms with E-state index >= 15 is 0 Å². The molecule has 0 saturated heterocycles. The third-order valence-electron chi connectivity index (χ3n) is 3.76. The fourth-order valence-electron chi connectivity index (χ4n) is 2.40. The highest BCUT2D eigenvalue weighted by molar-refractivity contribution is 9.10. The predicted octanol–water partition coefficient (Wildman–Crippen LogP) is 5.58. The molecule has 1 aliphatic rings. The molecule has 0 unspecified atom stereocenters. The summed E-state index contributed by atoms with van der Waals surface area (Å²) in [4.78, 5) is 13.0. The molecule has 3 rings (SSSR count). The number of carbonyl (C=O) groups excluding carboxylic acids is 1. The summed E-state index contributed by atoms with van der Waals surface area (Å²) in [5, 5.41) is 3.85. The summed E-state index contributed by atoms with van der Waals surface area (Å²) in [5.74, 6) is 1.95. The van der Waals surface area contributed by atoms with Gasteiger partial charge < -0.3 is 4.52 Å². The lowest BCUT2D eigenvalue weighted by atomic mass is 9.99. The van der Waals surface area contributed by atoms with E-state index in [1.54, 1.807) is 6.20 Å². The summed E-state index contributed by atoms with van der Waals surface area (Å²) in [6, 6.07) is 5.85. The maximum atomic E-state index is 13.0. The highest BCUT2D eigenvalue weighted by atomic mass is 79.9. The molecule has 1 heterocycles. The molecule has 0 amide bonds.